The molecule has 0 aliphatic heterocycles. The van der Waals surface area contributed by atoms with E-state index in [2.05, 4.69) is 25.1 Å². The number of anilines is 1. The lowest BCUT2D eigenvalue weighted by atomic mass is 10.0. The molecule has 2 amide bonds. The van der Waals surface area contributed by atoms with Crippen molar-refractivity contribution in [2.45, 2.75) is 55.2 Å². The number of ether oxygens (including phenoxy) is 2. The summed E-state index contributed by atoms with van der Waals surface area (Å²) in [6, 6.07) is 13.9. The number of aromatic nitrogens is 2. The maximum absolute atomic E-state index is 13.3. The maximum Gasteiger partial charge on any atom is 0.413 e. The first-order valence-corrected chi connectivity index (χ1v) is 15.5. The van der Waals surface area contributed by atoms with Crippen molar-refractivity contribution in [2.24, 2.45) is 0 Å². The minimum Gasteiger partial charge on any atom is -0.469 e. The molecular formula is C29H33N5O9S. The molecule has 1 fully saturated rings. The number of hydrogen-bond acceptors (Lipinski definition) is 10. The molecule has 2 aromatic heterocycles. The molecule has 2 atom stereocenters. The monoisotopic (exact) mass is 627 g/mol. The first kappa shape index (κ1) is 30.8. The molecule has 4 aromatic rings. The van der Waals surface area contributed by atoms with E-state index in [-0.39, 0.29) is 34.6 Å². The summed E-state index contributed by atoms with van der Waals surface area (Å²) in [5, 5.41) is 16.1. The van der Waals surface area contributed by atoms with Crippen LogP contribution in [0.3, 0.4) is 0 Å². The molecule has 2 aromatic carbocycles. The van der Waals surface area contributed by atoms with Gasteiger partial charge < -0.3 is 29.2 Å². The zero-order chi connectivity index (χ0) is 31.1. The Labute approximate surface area is 253 Å². The molecular weight excluding hydrogens is 594 g/mol. The van der Waals surface area contributed by atoms with E-state index in [1.807, 2.05) is 30.3 Å². The lowest BCUT2D eigenvalue weighted by Gasteiger charge is -2.24. The van der Waals surface area contributed by atoms with Gasteiger partial charge in [-0.05, 0) is 55.9 Å². The molecule has 0 bridgehead atoms. The first-order valence-electron chi connectivity index (χ1n) is 14.0. The highest BCUT2D eigenvalue weighted by Crippen LogP contribution is 2.26. The number of carbonyl (C=O) groups excluding carboxylic acids is 2. The van der Waals surface area contributed by atoms with Crippen molar-refractivity contribution >= 4 is 39.2 Å². The number of nitrogens with zero attached hydrogens (tertiary/aromatic N) is 2. The van der Waals surface area contributed by atoms with Crippen LogP contribution < -0.4 is 24.9 Å². The molecule has 0 radical (unpaired) electrons. The van der Waals surface area contributed by atoms with Gasteiger partial charge in [-0.1, -0.05) is 30.3 Å². The number of methoxy groups -OCH3 is 1. The predicted molar refractivity (Wildman–Crippen MR) is 158 cm³/mol. The van der Waals surface area contributed by atoms with Crippen molar-refractivity contribution in [1.29, 1.82) is 0 Å². The molecule has 14 nitrogen and oxygen atoms in total. The van der Waals surface area contributed by atoms with Gasteiger partial charge in [0.25, 0.3) is 0 Å². The van der Waals surface area contributed by atoms with Gasteiger partial charge in [0.2, 0.25) is 16.0 Å². The summed E-state index contributed by atoms with van der Waals surface area (Å²) < 4.78 is 45.1. The average molecular weight is 628 g/mol. The van der Waals surface area contributed by atoms with Crippen LogP contribution >= 0.6 is 0 Å². The van der Waals surface area contributed by atoms with Gasteiger partial charge >= 0.3 is 12.2 Å². The van der Waals surface area contributed by atoms with Crippen LogP contribution in [-0.4, -0.2) is 67.3 Å². The van der Waals surface area contributed by atoms with Gasteiger partial charge in [-0.2, -0.15) is 0 Å². The van der Waals surface area contributed by atoms with Crippen LogP contribution in [0.4, 0.5) is 15.5 Å². The van der Waals surface area contributed by atoms with Gasteiger partial charge in [-0.25, -0.2) is 27.7 Å². The fraction of sp³-hybridized carbons (Fsp3) is 0.345. The molecule has 1 aliphatic carbocycles. The summed E-state index contributed by atoms with van der Waals surface area (Å²) in [4.78, 5) is 34.8. The van der Waals surface area contributed by atoms with Crippen molar-refractivity contribution in [1.82, 2.24) is 19.8 Å². The van der Waals surface area contributed by atoms with E-state index >= 15 is 0 Å². The molecule has 44 heavy (non-hydrogen) atoms. The Kier molecular flexibility index (Phi) is 9.67. The van der Waals surface area contributed by atoms with E-state index in [9.17, 15) is 23.1 Å². The lowest BCUT2D eigenvalue weighted by Crippen LogP contribution is -2.50. The average Bonchev–Trinajstić information content (AvgIpc) is 3.79. The first-order chi connectivity index (χ1) is 21.2. The molecule has 0 spiro atoms. The van der Waals surface area contributed by atoms with E-state index in [1.54, 1.807) is 0 Å². The normalized spacial score (nSPS) is 15.0. The van der Waals surface area contributed by atoms with Gasteiger partial charge in [-0.3, -0.25) is 5.32 Å². The number of imidazole rings is 1. The van der Waals surface area contributed by atoms with Gasteiger partial charge in [0, 0.05) is 12.6 Å². The number of aliphatic hydroxyl groups is 1. The third-order valence-electron chi connectivity index (χ3n) is 7.10. The Morgan fingerprint density at radius 2 is 1.89 bits per heavy atom. The van der Waals surface area contributed by atoms with Gasteiger partial charge in [0.05, 0.1) is 35.9 Å². The molecule has 2 heterocycles. The van der Waals surface area contributed by atoms with Crippen molar-refractivity contribution in [3.63, 3.8) is 0 Å². The van der Waals surface area contributed by atoms with Crippen molar-refractivity contribution in [3.8, 4) is 5.75 Å². The summed E-state index contributed by atoms with van der Waals surface area (Å²) in [6.45, 7) is -0.418. The van der Waals surface area contributed by atoms with Crippen LogP contribution in [0, 0.1) is 0 Å². The minimum absolute atomic E-state index is 0.0498. The molecule has 1 saturated carbocycles. The Hall–Kier alpha value is -4.60. The second-order valence-corrected chi connectivity index (χ2v) is 12.0. The Morgan fingerprint density at radius 1 is 1.11 bits per heavy atom. The highest BCUT2D eigenvalue weighted by atomic mass is 32.2. The SMILES string of the molecule is COC(=O)Nc1nc2cc(S(=O)(=O)NC[C@@H](O)[C@H](Cc3ccccc3)NC(=O)Oc3ccoc3)ccc2n1OC1CCCC1. The zero-order valence-corrected chi connectivity index (χ0v) is 24.7. The maximum atomic E-state index is 13.3. The number of rotatable bonds is 12. The highest BCUT2D eigenvalue weighted by molar-refractivity contribution is 7.89. The number of fused-ring (bicyclic) bond motifs is 1. The highest BCUT2D eigenvalue weighted by Gasteiger charge is 2.27. The third kappa shape index (κ3) is 7.67. The molecule has 1 aliphatic rings. The van der Waals surface area contributed by atoms with Crippen LogP contribution in [0.2, 0.25) is 0 Å². The lowest BCUT2D eigenvalue weighted by molar-refractivity contribution is 0.0520. The summed E-state index contributed by atoms with van der Waals surface area (Å²) >= 11 is 0. The molecule has 234 valence electrons. The Morgan fingerprint density at radius 3 is 2.59 bits per heavy atom. The summed E-state index contributed by atoms with van der Waals surface area (Å²) in [7, 11) is -2.93. The molecule has 0 saturated heterocycles. The fourth-order valence-electron chi connectivity index (χ4n) is 4.85. The summed E-state index contributed by atoms with van der Waals surface area (Å²) in [5.41, 5.74) is 1.51. The number of carbonyl (C=O) groups is 2. The number of nitrogens with one attached hydrogen (secondary N) is 3. The number of benzene rings is 2. The number of hydrogen-bond donors (Lipinski definition) is 4. The number of sulfonamides is 1. The third-order valence-corrected chi connectivity index (χ3v) is 8.53. The second-order valence-electron chi connectivity index (χ2n) is 10.2. The number of aliphatic hydroxyl groups excluding tert-OH is 1. The van der Waals surface area contributed by atoms with Crippen LogP contribution in [0.25, 0.3) is 11.0 Å². The minimum atomic E-state index is -4.14. The topological polar surface area (TPSA) is 183 Å². The largest absolute Gasteiger partial charge is 0.469 e. The van der Waals surface area contributed by atoms with E-state index in [0.29, 0.717) is 5.52 Å². The predicted octanol–water partition coefficient (Wildman–Crippen LogP) is 3.22. The summed E-state index contributed by atoms with van der Waals surface area (Å²) in [5.74, 6) is 0.224. The van der Waals surface area contributed by atoms with Gasteiger partial charge in [0.1, 0.15) is 17.9 Å². The molecule has 5 rings (SSSR count). The number of furan rings is 1. The fourth-order valence-corrected chi connectivity index (χ4v) is 5.92. The van der Waals surface area contributed by atoms with Crippen molar-refractivity contribution in [2.75, 3.05) is 19.0 Å². The van der Waals surface area contributed by atoms with Crippen LogP contribution in [0.1, 0.15) is 31.2 Å². The van der Waals surface area contributed by atoms with Crippen LogP contribution in [0.5, 0.6) is 5.75 Å². The number of amides is 2. The molecule has 15 heteroatoms. The van der Waals surface area contributed by atoms with Crippen LogP contribution in [0.15, 0.2) is 76.4 Å². The Balaban J connectivity index is 1.31. The van der Waals surface area contributed by atoms with Crippen LogP contribution in [-0.2, 0) is 21.2 Å². The quantitative estimate of drug-likeness (QED) is 0.182. The second kappa shape index (κ2) is 13.8. The summed E-state index contributed by atoms with van der Waals surface area (Å²) in [6.07, 6.45) is 3.50. The smallest absolute Gasteiger partial charge is 0.413 e. The van der Waals surface area contributed by atoms with E-state index in [0.717, 1.165) is 31.2 Å². The van der Waals surface area contributed by atoms with E-state index in [1.165, 1.54) is 48.6 Å². The van der Waals surface area contributed by atoms with E-state index in [4.69, 9.17) is 14.0 Å². The Bertz CT molecular complexity index is 1670. The zero-order valence-electron chi connectivity index (χ0n) is 23.8. The van der Waals surface area contributed by atoms with Crippen molar-refractivity contribution < 1.29 is 41.8 Å². The van der Waals surface area contributed by atoms with Crippen molar-refractivity contribution in [3.05, 3.63) is 72.7 Å². The molecule has 0 unspecified atom stereocenters. The van der Waals surface area contributed by atoms with Gasteiger partial charge in [0.15, 0.2) is 5.75 Å². The van der Waals surface area contributed by atoms with Gasteiger partial charge in [-0.15, -0.1) is 4.73 Å². The molecule has 4 N–H and O–H groups in total. The van der Waals surface area contributed by atoms with E-state index < -0.39 is 40.9 Å². The standard InChI is InChI=1S/C29H33N5O9S/c1-40-28(36)33-27-31-23-16-22(11-12-25(23)34(27)43-20-9-5-6-10-20)44(38,39)30-17-26(35)24(15-19-7-3-2-4-8-19)32-29(37)42-21-13-14-41-18-21/h2-4,7-8,11-14,16,18,20,24,26,30,35H,5-6,9-10,15,17H2,1H3,(H,32,37)(H,31,33,36)/t24-,26+/m0/s1.